The van der Waals surface area contributed by atoms with E-state index in [-0.39, 0.29) is 16.4 Å². The van der Waals surface area contributed by atoms with Crippen LogP contribution in [0.25, 0.3) is 0 Å². The molecule has 1 aliphatic rings. The number of anilines is 1. The summed E-state index contributed by atoms with van der Waals surface area (Å²) in [6.07, 6.45) is 1.68. The number of aryl methyl sites for hydroxylation is 1. The summed E-state index contributed by atoms with van der Waals surface area (Å²) in [5.74, 6) is -0.376. The fourth-order valence-corrected chi connectivity index (χ4v) is 5.63. The summed E-state index contributed by atoms with van der Waals surface area (Å²) in [6, 6.07) is 16.3. The molecular weight excluding hydrogens is 432 g/mol. The zero-order chi connectivity index (χ0) is 21.8. The first-order valence-corrected chi connectivity index (χ1v) is 12.3. The molecule has 0 spiro atoms. The zero-order valence-corrected chi connectivity index (χ0v) is 18.8. The van der Waals surface area contributed by atoms with Crippen molar-refractivity contribution in [1.82, 2.24) is 14.2 Å². The summed E-state index contributed by atoms with van der Waals surface area (Å²) < 4.78 is 27.8. The van der Waals surface area contributed by atoms with E-state index in [1.54, 1.807) is 18.3 Å². The molecule has 2 heterocycles. The lowest BCUT2D eigenvalue weighted by molar-refractivity contribution is 0.102. The number of sulfonamides is 1. The lowest BCUT2D eigenvalue weighted by Gasteiger charge is -2.34. The highest BCUT2D eigenvalue weighted by Crippen LogP contribution is 2.21. The van der Waals surface area contributed by atoms with Crippen LogP contribution in [0.5, 0.6) is 0 Å². The molecule has 1 aromatic heterocycles. The lowest BCUT2D eigenvalue weighted by Crippen LogP contribution is -2.48. The summed E-state index contributed by atoms with van der Waals surface area (Å²) >= 11 is 1.37. The second-order valence-corrected chi connectivity index (χ2v) is 10.6. The minimum Gasteiger partial charge on any atom is -0.298 e. The Labute approximate surface area is 186 Å². The van der Waals surface area contributed by atoms with Crippen LogP contribution in [0.1, 0.15) is 20.8 Å². The van der Waals surface area contributed by atoms with Gasteiger partial charge in [-0.1, -0.05) is 36.4 Å². The molecule has 9 heteroatoms. The first kappa shape index (κ1) is 21.6. The highest BCUT2D eigenvalue weighted by Gasteiger charge is 2.29. The lowest BCUT2D eigenvalue weighted by atomic mass is 10.2. The molecule has 1 saturated heterocycles. The number of thiazole rings is 1. The second-order valence-electron chi connectivity index (χ2n) is 7.42. The van der Waals surface area contributed by atoms with Crippen LogP contribution in [-0.2, 0) is 16.6 Å². The Morgan fingerprint density at radius 3 is 2.48 bits per heavy atom. The predicted octanol–water partition coefficient (Wildman–Crippen LogP) is 3.21. The van der Waals surface area contributed by atoms with Gasteiger partial charge in [-0.25, -0.2) is 13.4 Å². The van der Waals surface area contributed by atoms with Crippen LogP contribution in [0.2, 0.25) is 0 Å². The van der Waals surface area contributed by atoms with E-state index in [1.807, 2.05) is 25.1 Å². The van der Waals surface area contributed by atoms with Crippen molar-refractivity contribution in [3.8, 4) is 0 Å². The standard InChI is InChI=1S/C22H24N4O3S2/c1-17-15-23-22(30-17)24-21(27)19-8-5-9-20(14-19)31(28,29)26-12-10-25(11-13-26)16-18-6-3-2-4-7-18/h2-9,14-15H,10-13,16H2,1H3,(H,23,24,27). The molecule has 2 aromatic carbocycles. The second kappa shape index (κ2) is 9.27. The third-order valence-corrected chi connectivity index (χ3v) is 7.88. The summed E-state index contributed by atoms with van der Waals surface area (Å²) in [5.41, 5.74) is 1.50. The van der Waals surface area contributed by atoms with E-state index in [4.69, 9.17) is 0 Å². The number of piperazine rings is 1. The number of carbonyl (C=O) groups excluding carboxylic acids is 1. The van der Waals surface area contributed by atoms with Crippen molar-refractivity contribution < 1.29 is 13.2 Å². The fourth-order valence-electron chi connectivity index (χ4n) is 3.50. The van der Waals surface area contributed by atoms with Gasteiger partial charge in [-0.2, -0.15) is 4.31 Å². The summed E-state index contributed by atoms with van der Waals surface area (Å²) in [6.45, 7) is 4.88. The maximum atomic E-state index is 13.2. The molecule has 1 amide bonds. The maximum absolute atomic E-state index is 13.2. The van der Waals surface area contributed by atoms with Gasteiger partial charge in [-0.05, 0) is 30.7 Å². The largest absolute Gasteiger partial charge is 0.298 e. The quantitative estimate of drug-likeness (QED) is 0.616. The number of benzene rings is 2. The molecule has 1 aliphatic heterocycles. The molecule has 0 bridgehead atoms. The van der Waals surface area contributed by atoms with Crippen LogP contribution >= 0.6 is 11.3 Å². The number of hydrogen-bond acceptors (Lipinski definition) is 6. The van der Waals surface area contributed by atoms with E-state index in [0.29, 0.717) is 31.3 Å². The molecule has 0 unspecified atom stereocenters. The minimum absolute atomic E-state index is 0.131. The van der Waals surface area contributed by atoms with Gasteiger partial charge in [0.15, 0.2) is 5.13 Å². The number of rotatable bonds is 6. The Morgan fingerprint density at radius 2 is 1.81 bits per heavy atom. The van der Waals surface area contributed by atoms with E-state index >= 15 is 0 Å². The SMILES string of the molecule is Cc1cnc(NC(=O)c2cccc(S(=O)(=O)N3CCN(Cc4ccccc4)CC3)c2)s1. The van der Waals surface area contributed by atoms with Crippen LogP contribution in [0.3, 0.4) is 0 Å². The van der Waals surface area contributed by atoms with Crippen LogP contribution in [0, 0.1) is 6.92 Å². The summed E-state index contributed by atoms with van der Waals surface area (Å²) in [7, 11) is -3.67. The third-order valence-electron chi connectivity index (χ3n) is 5.16. The molecule has 1 N–H and O–H groups in total. The van der Waals surface area contributed by atoms with Crippen molar-refractivity contribution in [2.75, 3.05) is 31.5 Å². The van der Waals surface area contributed by atoms with Gasteiger partial charge >= 0.3 is 0 Å². The van der Waals surface area contributed by atoms with Crippen LogP contribution in [0.4, 0.5) is 5.13 Å². The topological polar surface area (TPSA) is 82.6 Å². The fraction of sp³-hybridized carbons (Fsp3) is 0.273. The minimum atomic E-state index is -3.67. The summed E-state index contributed by atoms with van der Waals surface area (Å²) in [5, 5.41) is 3.21. The molecule has 7 nitrogen and oxygen atoms in total. The highest BCUT2D eigenvalue weighted by molar-refractivity contribution is 7.89. The molecule has 0 saturated carbocycles. The molecule has 0 radical (unpaired) electrons. The van der Waals surface area contributed by atoms with Gasteiger partial charge in [-0.3, -0.25) is 15.0 Å². The van der Waals surface area contributed by atoms with Crippen molar-refractivity contribution in [3.63, 3.8) is 0 Å². The molecule has 162 valence electrons. The molecule has 31 heavy (non-hydrogen) atoms. The van der Waals surface area contributed by atoms with Crippen LogP contribution in [-0.4, -0.2) is 54.7 Å². The third kappa shape index (κ3) is 5.19. The van der Waals surface area contributed by atoms with E-state index in [9.17, 15) is 13.2 Å². The van der Waals surface area contributed by atoms with Crippen molar-refractivity contribution >= 4 is 32.4 Å². The predicted molar refractivity (Wildman–Crippen MR) is 122 cm³/mol. The number of nitrogens with zero attached hydrogens (tertiary/aromatic N) is 3. The molecule has 0 aliphatic carbocycles. The Bertz CT molecular complexity index is 1150. The van der Waals surface area contributed by atoms with Crippen molar-refractivity contribution in [3.05, 3.63) is 76.8 Å². The van der Waals surface area contributed by atoms with Gasteiger partial charge in [-0.15, -0.1) is 11.3 Å². The first-order chi connectivity index (χ1) is 14.9. The highest BCUT2D eigenvalue weighted by atomic mass is 32.2. The van der Waals surface area contributed by atoms with Gasteiger partial charge in [0.05, 0.1) is 4.90 Å². The average Bonchev–Trinajstić information content (AvgIpc) is 3.19. The van der Waals surface area contributed by atoms with E-state index in [1.165, 1.54) is 33.3 Å². The smallest absolute Gasteiger partial charge is 0.257 e. The molecule has 3 aromatic rings. The Balaban J connectivity index is 1.42. The molecule has 1 fully saturated rings. The van der Waals surface area contributed by atoms with Gasteiger partial charge in [0.2, 0.25) is 10.0 Å². The molecular formula is C22H24N4O3S2. The van der Waals surface area contributed by atoms with E-state index in [2.05, 4.69) is 27.3 Å². The molecule has 0 atom stereocenters. The Morgan fingerprint density at radius 1 is 1.06 bits per heavy atom. The van der Waals surface area contributed by atoms with Gasteiger partial charge in [0, 0.05) is 49.4 Å². The molecule has 4 rings (SSSR count). The first-order valence-electron chi connectivity index (χ1n) is 10.0. The van der Waals surface area contributed by atoms with E-state index in [0.717, 1.165) is 11.4 Å². The number of aromatic nitrogens is 1. The van der Waals surface area contributed by atoms with Gasteiger partial charge in [0.25, 0.3) is 5.91 Å². The maximum Gasteiger partial charge on any atom is 0.257 e. The number of hydrogen-bond donors (Lipinski definition) is 1. The van der Waals surface area contributed by atoms with Crippen LogP contribution < -0.4 is 5.32 Å². The normalized spacial score (nSPS) is 15.6. The monoisotopic (exact) mass is 456 g/mol. The van der Waals surface area contributed by atoms with Crippen molar-refractivity contribution in [2.24, 2.45) is 0 Å². The van der Waals surface area contributed by atoms with Crippen LogP contribution in [0.15, 0.2) is 65.7 Å². The average molecular weight is 457 g/mol. The zero-order valence-electron chi connectivity index (χ0n) is 17.2. The summed E-state index contributed by atoms with van der Waals surface area (Å²) in [4.78, 5) is 20.0. The Kier molecular flexibility index (Phi) is 6.47. The van der Waals surface area contributed by atoms with Crippen molar-refractivity contribution in [2.45, 2.75) is 18.4 Å². The van der Waals surface area contributed by atoms with Gasteiger partial charge < -0.3 is 0 Å². The Hall–Kier alpha value is -2.59. The number of nitrogens with one attached hydrogen (secondary N) is 1. The number of amides is 1. The number of carbonyl (C=O) groups is 1. The van der Waals surface area contributed by atoms with E-state index < -0.39 is 10.0 Å². The van der Waals surface area contributed by atoms with Gasteiger partial charge in [0.1, 0.15) is 0 Å². The van der Waals surface area contributed by atoms with Crippen molar-refractivity contribution in [1.29, 1.82) is 0 Å².